The molecule has 2 N–H and O–H groups in total. The van der Waals surface area contributed by atoms with Gasteiger partial charge >= 0.3 is 0 Å². The van der Waals surface area contributed by atoms with Crippen molar-refractivity contribution in [2.24, 2.45) is 0 Å². The fourth-order valence-electron chi connectivity index (χ4n) is 2.27. The van der Waals surface area contributed by atoms with Crippen molar-refractivity contribution in [2.45, 2.75) is 19.9 Å². The molecule has 0 fully saturated rings. The molecule has 0 aliphatic carbocycles. The smallest absolute Gasteiger partial charge is 0.256 e. The molecule has 1 unspecified atom stereocenters. The number of benzene rings is 1. The molecular weight excluding hydrogens is 268 g/mol. The Bertz CT molecular complexity index is 643. The molecule has 0 saturated heterocycles. The molecule has 0 spiro atoms. The summed E-state index contributed by atoms with van der Waals surface area (Å²) >= 11 is 0. The summed E-state index contributed by atoms with van der Waals surface area (Å²) in [6.07, 6.45) is 2.71. The highest BCUT2D eigenvalue weighted by atomic mass is 16.3. The Kier molecular flexibility index (Phi) is 4.42. The average molecular weight is 286 g/mol. The van der Waals surface area contributed by atoms with Gasteiger partial charge in [0.15, 0.2) is 0 Å². The lowest BCUT2D eigenvalue weighted by Crippen LogP contribution is -2.33. The topological polar surface area (TPSA) is 73.7 Å². The van der Waals surface area contributed by atoms with Crippen molar-refractivity contribution in [1.29, 1.82) is 0 Å². The molecule has 2 rings (SSSR count). The summed E-state index contributed by atoms with van der Waals surface area (Å²) in [7, 11) is 0. The number of phenols is 1. The molecule has 0 radical (unpaired) electrons. The van der Waals surface area contributed by atoms with E-state index >= 15 is 0 Å². The van der Waals surface area contributed by atoms with Crippen LogP contribution in [0.25, 0.3) is 0 Å². The van der Waals surface area contributed by atoms with Gasteiger partial charge in [0.2, 0.25) is 0 Å². The van der Waals surface area contributed by atoms with E-state index in [1.807, 2.05) is 19.9 Å². The first-order valence-corrected chi connectivity index (χ1v) is 6.76. The predicted octanol–water partition coefficient (Wildman–Crippen LogP) is 2.72. The van der Waals surface area contributed by atoms with E-state index in [-0.39, 0.29) is 23.4 Å². The summed E-state index contributed by atoms with van der Waals surface area (Å²) in [6.45, 7) is 4.28. The number of aromatic nitrogens is 1. The number of nitrogens with zero attached hydrogens (tertiary/aromatic N) is 2. The van der Waals surface area contributed by atoms with Crippen LogP contribution in [-0.4, -0.2) is 32.5 Å². The van der Waals surface area contributed by atoms with E-state index in [1.54, 1.807) is 23.1 Å². The highest BCUT2D eigenvalue weighted by Gasteiger charge is 2.22. The lowest BCUT2D eigenvalue weighted by molar-refractivity contribution is 0.0701. The molecule has 1 aromatic carbocycles. The SMILES string of the molecule is CCN(C(=O)c1cncc(O)c1)C(C)c1cccc(O)c1. The van der Waals surface area contributed by atoms with E-state index in [0.717, 1.165) is 5.56 Å². The zero-order valence-electron chi connectivity index (χ0n) is 12.0. The van der Waals surface area contributed by atoms with Crippen molar-refractivity contribution in [3.8, 4) is 11.5 Å². The summed E-state index contributed by atoms with van der Waals surface area (Å²) in [6, 6.07) is 8.04. The molecule has 0 bridgehead atoms. The van der Waals surface area contributed by atoms with Gasteiger partial charge in [-0.1, -0.05) is 12.1 Å². The van der Waals surface area contributed by atoms with Gasteiger partial charge in [0, 0.05) is 12.7 Å². The van der Waals surface area contributed by atoms with Crippen LogP contribution in [0.4, 0.5) is 0 Å². The van der Waals surface area contributed by atoms with Crippen LogP contribution in [0.1, 0.15) is 35.8 Å². The number of carbonyl (C=O) groups excluding carboxylic acids is 1. The molecule has 1 heterocycles. The summed E-state index contributed by atoms with van der Waals surface area (Å²) in [5, 5.41) is 19.0. The molecule has 1 amide bonds. The minimum Gasteiger partial charge on any atom is -0.508 e. The Labute approximate surface area is 123 Å². The van der Waals surface area contributed by atoms with Crippen LogP contribution < -0.4 is 0 Å². The quantitative estimate of drug-likeness (QED) is 0.906. The second-order valence-corrected chi connectivity index (χ2v) is 4.79. The van der Waals surface area contributed by atoms with Crippen molar-refractivity contribution < 1.29 is 15.0 Å². The van der Waals surface area contributed by atoms with Crippen LogP contribution >= 0.6 is 0 Å². The number of hydrogen-bond acceptors (Lipinski definition) is 4. The number of phenolic OH excluding ortho intramolecular Hbond substituents is 1. The standard InChI is InChI=1S/C16H18N2O3/c1-3-18(11(2)12-5-4-6-14(19)7-12)16(21)13-8-15(20)10-17-9-13/h4-11,19-20H,3H2,1-2H3. The Morgan fingerprint density at radius 3 is 2.62 bits per heavy atom. The fraction of sp³-hybridized carbons (Fsp3) is 0.250. The van der Waals surface area contributed by atoms with E-state index in [1.165, 1.54) is 18.5 Å². The average Bonchev–Trinajstić information content (AvgIpc) is 2.47. The zero-order valence-corrected chi connectivity index (χ0v) is 12.0. The molecule has 5 heteroatoms. The van der Waals surface area contributed by atoms with Crippen LogP contribution in [0.15, 0.2) is 42.7 Å². The highest BCUT2D eigenvalue weighted by Crippen LogP contribution is 2.25. The van der Waals surface area contributed by atoms with Gasteiger partial charge in [0.05, 0.1) is 17.8 Å². The molecule has 0 aliphatic rings. The molecule has 2 aromatic rings. The van der Waals surface area contributed by atoms with Gasteiger partial charge in [-0.05, 0) is 37.6 Å². The first-order valence-electron chi connectivity index (χ1n) is 6.76. The molecule has 0 saturated carbocycles. The third-order valence-corrected chi connectivity index (χ3v) is 3.39. The van der Waals surface area contributed by atoms with Gasteiger partial charge in [0.25, 0.3) is 5.91 Å². The van der Waals surface area contributed by atoms with Crippen molar-refractivity contribution in [3.05, 3.63) is 53.9 Å². The number of amides is 1. The van der Waals surface area contributed by atoms with Crippen LogP contribution in [0.3, 0.4) is 0 Å². The summed E-state index contributed by atoms with van der Waals surface area (Å²) < 4.78 is 0. The molecule has 21 heavy (non-hydrogen) atoms. The molecule has 110 valence electrons. The van der Waals surface area contributed by atoms with E-state index in [0.29, 0.717) is 12.1 Å². The van der Waals surface area contributed by atoms with Crippen LogP contribution in [-0.2, 0) is 0 Å². The van der Waals surface area contributed by atoms with Gasteiger partial charge in [-0.3, -0.25) is 9.78 Å². The minimum absolute atomic E-state index is 0.0399. The second-order valence-electron chi connectivity index (χ2n) is 4.79. The van der Waals surface area contributed by atoms with Crippen molar-refractivity contribution in [1.82, 2.24) is 9.88 Å². The van der Waals surface area contributed by atoms with Gasteiger partial charge in [-0.25, -0.2) is 0 Å². The molecule has 1 aromatic heterocycles. The Hall–Kier alpha value is -2.56. The van der Waals surface area contributed by atoms with Crippen LogP contribution in [0.2, 0.25) is 0 Å². The number of rotatable bonds is 4. The van der Waals surface area contributed by atoms with Crippen LogP contribution in [0, 0.1) is 0 Å². The van der Waals surface area contributed by atoms with Crippen molar-refractivity contribution in [2.75, 3.05) is 6.54 Å². The number of aromatic hydroxyl groups is 2. The first kappa shape index (κ1) is 14.8. The molecule has 0 aliphatic heterocycles. The van der Waals surface area contributed by atoms with Gasteiger partial charge in [-0.15, -0.1) is 0 Å². The predicted molar refractivity (Wildman–Crippen MR) is 79.1 cm³/mol. The van der Waals surface area contributed by atoms with E-state index in [2.05, 4.69) is 4.98 Å². The van der Waals surface area contributed by atoms with Gasteiger partial charge < -0.3 is 15.1 Å². The number of hydrogen-bond donors (Lipinski definition) is 2. The van der Waals surface area contributed by atoms with E-state index in [9.17, 15) is 15.0 Å². The fourth-order valence-corrected chi connectivity index (χ4v) is 2.27. The maximum Gasteiger partial charge on any atom is 0.256 e. The zero-order chi connectivity index (χ0) is 15.4. The summed E-state index contributed by atoms with van der Waals surface area (Å²) in [4.78, 5) is 18.0. The van der Waals surface area contributed by atoms with E-state index in [4.69, 9.17) is 0 Å². The number of pyridine rings is 1. The number of carbonyl (C=O) groups is 1. The summed E-state index contributed by atoms with van der Waals surface area (Å²) in [5.74, 6) is -0.0828. The normalized spacial score (nSPS) is 11.9. The van der Waals surface area contributed by atoms with Gasteiger partial charge in [-0.2, -0.15) is 0 Å². The lowest BCUT2D eigenvalue weighted by atomic mass is 10.1. The monoisotopic (exact) mass is 286 g/mol. The van der Waals surface area contributed by atoms with E-state index < -0.39 is 0 Å². The van der Waals surface area contributed by atoms with Gasteiger partial charge in [0.1, 0.15) is 11.5 Å². The Morgan fingerprint density at radius 1 is 1.24 bits per heavy atom. The maximum atomic E-state index is 12.5. The maximum absolute atomic E-state index is 12.5. The third-order valence-electron chi connectivity index (χ3n) is 3.39. The van der Waals surface area contributed by atoms with Crippen molar-refractivity contribution >= 4 is 5.91 Å². The first-order chi connectivity index (χ1) is 10.0. The Morgan fingerprint density at radius 2 is 2.00 bits per heavy atom. The third kappa shape index (κ3) is 3.31. The van der Waals surface area contributed by atoms with Crippen LogP contribution in [0.5, 0.6) is 11.5 Å². The minimum atomic E-state index is -0.211. The molecule has 1 atom stereocenters. The molecular formula is C16H18N2O3. The lowest BCUT2D eigenvalue weighted by Gasteiger charge is -2.28. The second kappa shape index (κ2) is 6.26. The Balaban J connectivity index is 2.28. The van der Waals surface area contributed by atoms with Crippen molar-refractivity contribution in [3.63, 3.8) is 0 Å². The largest absolute Gasteiger partial charge is 0.508 e. The molecule has 5 nitrogen and oxygen atoms in total. The summed E-state index contributed by atoms with van der Waals surface area (Å²) in [5.41, 5.74) is 1.18. The highest BCUT2D eigenvalue weighted by molar-refractivity contribution is 5.94.